The first kappa shape index (κ1) is 9.64. The van der Waals surface area contributed by atoms with Gasteiger partial charge in [0.25, 0.3) is 0 Å². The van der Waals surface area contributed by atoms with Gasteiger partial charge in [0.1, 0.15) is 12.4 Å². The third kappa shape index (κ3) is 2.55. The molecule has 0 fully saturated rings. The summed E-state index contributed by atoms with van der Waals surface area (Å²) in [5.74, 6) is -0.281. The van der Waals surface area contributed by atoms with Gasteiger partial charge in [0.2, 0.25) is 0 Å². The number of hydrogen-bond acceptors (Lipinski definition) is 2. The fourth-order valence-corrected chi connectivity index (χ4v) is 1.18. The molecule has 0 unspecified atom stereocenters. The first-order chi connectivity index (χ1) is 5.74. The quantitative estimate of drug-likeness (QED) is 0.592. The van der Waals surface area contributed by atoms with Crippen LogP contribution < -0.4 is 0 Å². The standard InChI is InChI=1S/C8H8BrFO2/c1-11-12-5-6-2-3-8(10)7(9)4-6/h2-4H,5H2,1H3. The zero-order chi connectivity index (χ0) is 8.97. The molecule has 66 valence electrons. The Morgan fingerprint density at radius 3 is 2.83 bits per heavy atom. The van der Waals surface area contributed by atoms with Crippen molar-refractivity contribution in [2.75, 3.05) is 7.11 Å². The van der Waals surface area contributed by atoms with Crippen LogP contribution in [0.5, 0.6) is 0 Å². The van der Waals surface area contributed by atoms with Gasteiger partial charge in [-0.25, -0.2) is 14.2 Å². The Hall–Kier alpha value is -0.450. The molecule has 12 heavy (non-hydrogen) atoms. The summed E-state index contributed by atoms with van der Waals surface area (Å²) in [6.45, 7) is 0.315. The molecule has 0 saturated carbocycles. The Kier molecular flexibility index (Phi) is 3.65. The van der Waals surface area contributed by atoms with Gasteiger partial charge >= 0.3 is 0 Å². The highest BCUT2D eigenvalue weighted by molar-refractivity contribution is 9.10. The molecule has 0 amide bonds. The summed E-state index contributed by atoms with van der Waals surface area (Å²) >= 11 is 3.07. The lowest BCUT2D eigenvalue weighted by Gasteiger charge is -2.01. The summed E-state index contributed by atoms with van der Waals surface area (Å²) in [4.78, 5) is 9.08. The van der Waals surface area contributed by atoms with Crippen LogP contribution in [0.25, 0.3) is 0 Å². The molecule has 1 rings (SSSR count). The fraction of sp³-hybridized carbons (Fsp3) is 0.250. The van der Waals surface area contributed by atoms with E-state index in [1.165, 1.54) is 13.2 Å². The van der Waals surface area contributed by atoms with Crippen molar-refractivity contribution in [2.24, 2.45) is 0 Å². The lowest BCUT2D eigenvalue weighted by Crippen LogP contribution is -1.91. The van der Waals surface area contributed by atoms with Crippen LogP contribution in [0.1, 0.15) is 5.56 Å². The SMILES string of the molecule is COOCc1ccc(F)c(Br)c1. The highest BCUT2D eigenvalue weighted by Crippen LogP contribution is 2.17. The van der Waals surface area contributed by atoms with Gasteiger partial charge in [-0.1, -0.05) is 6.07 Å². The lowest BCUT2D eigenvalue weighted by atomic mass is 10.2. The topological polar surface area (TPSA) is 18.5 Å². The van der Waals surface area contributed by atoms with E-state index in [2.05, 4.69) is 25.7 Å². The highest BCUT2D eigenvalue weighted by Gasteiger charge is 1.99. The van der Waals surface area contributed by atoms with Crippen LogP contribution in [0.4, 0.5) is 4.39 Å². The highest BCUT2D eigenvalue weighted by atomic mass is 79.9. The minimum absolute atomic E-state index is 0.281. The van der Waals surface area contributed by atoms with Gasteiger partial charge in [0.05, 0.1) is 11.6 Å². The zero-order valence-electron chi connectivity index (χ0n) is 6.51. The summed E-state index contributed by atoms with van der Waals surface area (Å²) in [6, 6.07) is 4.66. The van der Waals surface area contributed by atoms with Crippen LogP contribution in [0, 0.1) is 5.82 Å². The Morgan fingerprint density at radius 1 is 1.50 bits per heavy atom. The van der Waals surface area contributed by atoms with Crippen molar-refractivity contribution < 1.29 is 14.2 Å². The molecule has 0 aromatic heterocycles. The smallest absolute Gasteiger partial charge is 0.137 e. The summed E-state index contributed by atoms with van der Waals surface area (Å²) < 4.78 is 13.1. The number of halogens is 2. The van der Waals surface area contributed by atoms with Crippen molar-refractivity contribution in [3.63, 3.8) is 0 Å². The molecule has 1 aromatic carbocycles. The first-order valence-corrected chi connectivity index (χ1v) is 4.13. The third-order valence-electron chi connectivity index (χ3n) is 1.33. The van der Waals surface area contributed by atoms with Crippen LogP contribution in [-0.4, -0.2) is 7.11 Å². The van der Waals surface area contributed by atoms with E-state index in [0.717, 1.165) is 5.56 Å². The molecule has 0 aliphatic carbocycles. The van der Waals surface area contributed by atoms with Crippen molar-refractivity contribution in [3.05, 3.63) is 34.1 Å². The largest absolute Gasteiger partial charge is 0.240 e. The second-order valence-corrected chi connectivity index (χ2v) is 3.03. The number of rotatable bonds is 3. The Morgan fingerprint density at radius 2 is 2.25 bits per heavy atom. The van der Waals surface area contributed by atoms with Crippen molar-refractivity contribution in [1.82, 2.24) is 0 Å². The molecule has 1 aromatic rings. The molecule has 0 heterocycles. The average molecular weight is 235 g/mol. The predicted octanol–water partition coefficient (Wildman–Crippen LogP) is 2.67. The van der Waals surface area contributed by atoms with E-state index in [9.17, 15) is 4.39 Å². The van der Waals surface area contributed by atoms with Gasteiger partial charge in [-0.2, -0.15) is 0 Å². The second kappa shape index (κ2) is 4.54. The molecule has 0 radical (unpaired) electrons. The van der Waals surface area contributed by atoms with Crippen LogP contribution in [0.2, 0.25) is 0 Å². The molecule has 0 spiro atoms. The summed E-state index contributed by atoms with van der Waals surface area (Å²) in [5.41, 5.74) is 0.852. The minimum Gasteiger partial charge on any atom is -0.240 e. The van der Waals surface area contributed by atoms with Gasteiger partial charge in [0.15, 0.2) is 0 Å². The van der Waals surface area contributed by atoms with E-state index in [4.69, 9.17) is 0 Å². The van der Waals surface area contributed by atoms with Crippen LogP contribution in [0.3, 0.4) is 0 Å². The second-order valence-electron chi connectivity index (χ2n) is 2.18. The Labute approximate surface area is 78.4 Å². The van der Waals surface area contributed by atoms with Crippen LogP contribution in [-0.2, 0) is 16.4 Å². The molecule has 0 aliphatic rings. The van der Waals surface area contributed by atoms with Crippen molar-refractivity contribution in [2.45, 2.75) is 6.61 Å². The maximum atomic E-state index is 12.7. The Balaban J connectivity index is 2.69. The predicted molar refractivity (Wildman–Crippen MR) is 45.9 cm³/mol. The normalized spacial score (nSPS) is 10.2. The molecule has 0 atom stereocenters. The maximum absolute atomic E-state index is 12.7. The number of hydrogen-bond donors (Lipinski definition) is 0. The molecule has 2 nitrogen and oxygen atoms in total. The molecule has 0 saturated heterocycles. The maximum Gasteiger partial charge on any atom is 0.137 e. The van der Waals surface area contributed by atoms with Gasteiger partial charge < -0.3 is 0 Å². The van der Waals surface area contributed by atoms with Crippen molar-refractivity contribution >= 4 is 15.9 Å². The summed E-state index contributed by atoms with van der Waals surface area (Å²) in [6.07, 6.45) is 0. The van der Waals surface area contributed by atoms with E-state index in [-0.39, 0.29) is 5.82 Å². The van der Waals surface area contributed by atoms with E-state index in [1.807, 2.05) is 0 Å². The number of benzene rings is 1. The van der Waals surface area contributed by atoms with Gasteiger partial charge in [-0.15, -0.1) is 0 Å². The van der Waals surface area contributed by atoms with E-state index in [0.29, 0.717) is 11.1 Å². The monoisotopic (exact) mass is 234 g/mol. The van der Waals surface area contributed by atoms with Crippen LogP contribution >= 0.6 is 15.9 Å². The lowest BCUT2D eigenvalue weighted by molar-refractivity contribution is -0.282. The summed E-state index contributed by atoms with van der Waals surface area (Å²) in [7, 11) is 1.43. The van der Waals surface area contributed by atoms with Crippen molar-refractivity contribution in [1.29, 1.82) is 0 Å². The zero-order valence-corrected chi connectivity index (χ0v) is 8.10. The summed E-state index contributed by atoms with van der Waals surface area (Å²) in [5, 5.41) is 0. The average Bonchev–Trinajstić information content (AvgIpc) is 2.07. The molecular weight excluding hydrogens is 227 g/mol. The van der Waals surface area contributed by atoms with E-state index >= 15 is 0 Å². The molecule has 4 heteroatoms. The molecule has 0 N–H and O–H groups in total. The van der Waals surface area contributed by atoms with Crippen LogP contribution in [0.15, 0.2) is 22.7 Å². The van der Waals surface area contributed by atoms with Crippen molar-refractivity contribution in [3.8, 4) is 0 Å². The molecule has 0 aliphatic heterocycles. The molecule has 0 bridgehead atoms. The fourth-order valence-electron chi connectivity index (χ4n) is 0.756. The Bertz CT molecular complexity index is 265. The van der Waals surface area contributed by atoms with Gasteiger partial charge in [0, 0.05) is 0 Å². The van der Waals surface area contributed by atoms with E-state index in [1.54, 1.807) is 12.1 Å². The molecular formula is C8H8BrFO2. The van der Waals surface area contributed by atoms with Gasteiger partial charge in [-0.05, 0) is 33.6 Å². The minimum atomic E-state index is -0.281. The third-order valence-corrected chi connectivity index (χ3v) is 1.94. The van der Waals surface area contributed by atoms with E-state index < -0.39 is 0 Å². The first-order valence-electron chi connectivity index (χ1n) is 3.33. The van der Waals surface area contributed by atoms with Gasteiger partial charge in [-0.3, -0.25) is 0 Å².